The lowest BCUT2D eigenvalue weighted by Gasteiger charge is -2.26. The van der Waals surface area contributed by atoms with Crippen LogP contribution < -0.4 is 10.6 Å². The molecule has 0 spiro atoms. The molecule has 18 heavy (non-hydrogen) atoms. The molecular formula is C11H12ClN3O3. The van der Waals surface area contributed by atoms with E-state index in [-0.39, 0.29) is 22.3 Å². The smallest absolute Gasteiger partial charge is 0.294 e. The largest absolute Gasteiger partial charge is 0.320 e. The molecule has 0 unspecified atom stereocenters. The number of nitrogens with zero attached hydrogens (tertiary/aromatic N) is 1. The minimum Gasteiger partial charge on any atom is -0.320 e. The summed E-state index contributed by atoms with van der Waals surface area (Å²) >= 11 is 5.69. The normalized spacial score (nSPS) is 14.9. The van der Waals surface area contributed by atoms with Gasteiger partial charge in [0.25, 0.3) is 5.69 Å². The van der Waals surface area contributed by atoms with Gasteiger partial charge in [-0.25, -0.2) is 0 Å². The number of hydrogen-bond donors (Lipinski definition) is 2. The van der Waals surface area contributed by atoms with Gasteiger partial charge in [0.15, 0.2) is 0 Å². The standard InChI is InChI=1S/C11H12ClN3O3/c12-8-1-2-9(10(4-8)15(17)18)14-11(16)3-7-5-13-6-7/h1-2,4,7,13H,3,5-6H2,(H,14,16). The number of rotatable bonds is 4. The first kappa shape index (κ1) is 12.8. The van der Waals surface area contributed by atoms with Crippen molar-refractivity contribution in [3.8, 4) is 0 Å². The molecule has 0 radical (unpaired) electrons. The molecule has 96 valence electrons. The van der Waals surface area contributed by atoms with Crippen molar-refractivity contribution in [3.63, 3.8) is 0 Å². The Hall–Kier alpha value is -1.66. The van der Waals surface area contributed by atoms with Crippen LogP contribution in [0.4, 0.5) is 11.4 Å². The van der Waals surface area contributed by atoms with E-state index >= 15 is 0 Å². The molecule has 1 heterocycles. The molecule has 1 amide bonds. The van der Waals surface area contributed by atoms with Crippen LogP contribution in [-0.4, -0.2) is 23.9 Å². The molecule has 2 N–H and O–H groups in total. The van der Waals surface area contributed by atoms with Gasteiger partial charge in [-0.3, -0.25) is 14.9 Å². The molecule has 0 saturated carbocycles. The molecule has 0 aliphatic carbocycles. The van der Waals surface area contributed by atoms with Crippen LogP contribution in [0.2, 0.25) is 5.02 Å². The van der Waals surface area contributed by atoms with Crippen molar-refractivity contribution in [2.45, 2.75) is 6.42 Å². The molecular weight excluding hydrogens is 258 g/mol. The van der Waals surface area contributed by atoms with E-state index in [9.17, 15) is 14.9 Å². The number of anilines is 1. The third-order valence-electron chi connectivity index (χ3n) is 2.77. The highest BCUT2D eigenvalue weighted by Gasteiger charge is 2.22. The molecule has 1 fully saturated rings. The molecule has 1 saturated heterocycles. The van der Waals surface area contributed by atoms with E-state index in [1.165, 1.54) is 18.2 Å². The maximum Gasteiger partial charge on any atom is 0.294 e. The number of nitro benzene ring substituents is 1. The monoisotopic (exact) mass is 269 g/mol. The Labute approximate surface area is 108 Å². The Morgan fingerprint density at radius 1 is 1.56 bits per heavy atom. The van der Waals surface area contributed by atoms with E-state index in [1.807, 2.05) is 0 Å². The second-order valence-corrected chi connectivity index (χ2v) is 4.63. The number of carbonyl (C=O) groups excluding carboxylic acids is 1. The van der Waals surface area contributed by atoms with Crippen molar-refractivity contribution < 1.29 is 9.72 Å². The Morgan fingerprint density at radius 2 is 2.28 bits per heavy atom. The fourth-order valence-corrected chi connectivity index (χ4v) is 1.88. The van der Waals surface area contributed by atoms with Gasteiger partial charge in [-0.2, -0.15) is 0 Å². The predicted molar refractivity (Wildman–Crippen MR) is 67.7 cm³/mol. The summed E-state index contributed by atoms with van der Waals surface area (Å²) in [6.07, 6.45) is 0.368. The number of hydrogen-bond acceptors (Lipinski definition) is 4. The van der Waals surface area contributed by atoms with Crippen LogP contribution in [0.3, 0.4) is 0 Å². The zero-order valence-electron chi connectivity index (χ0n) is 9.48. The van der Waals surface area contributed by atoms with Crippen LogP contribution in [0, 0.1) is 16.0 Å². The molecule has 6 nitrogen and oxygen atoms in total. The van der Waals surface area contributed by atoms with Crippen LogP contribution in [0.15, 0.2) is 18.2 Å². The van der Waals surface area contributed by atoms with Gasteiger partial charge in [0.2, 0.25) is 5.91 Å². The number of carbonyl (C=O) groups is 1. The Balaban J connectivity index is 2.07. The molecule has 0 aromatic heterocycles. The summed E-state index contributed by atoms with van der Waals surface area (Å²) in [4.78, 5) is 21.9. The third kappa shape index (κ3) is 2.96. The van der Waals surface area contributed by atoms with Gasteiger partial charge in [-0.1, -0.05) is 11.6 Å². The van der Waals surface area contributed by atoms with E-state index in [0.717, 1.165) is 13.1 Å². The number of amides is 1. The molecule has 7 heteroatoms. The van der Waals surface area contributed by atoms with Gasteiger partial charge in [0, 0.05) is 17.5 Å². The second kappa shape index (κ2) is 5.32. The van der Waals surface area contributed by atoms with E-state index in [4.69, 9.17) is 11.6 Å². The van der Waals surface area contributed by atoms with Gasteiger partial charge >= 0.3 is 0 Å². The van der Waals surface area contributed by atoms with E-state index in [0.29, 0.717) is 12.3 Å². The van der Waals surface area contributed by atoms with Crippen LogP contribution in [0.25, 0.3) is 0 Å². The highest BCUT2D eigenvalue weighted by atomic mass is 35.5. The maximum absolute atomic E-state index is 11.7. The van der Waals surface area contributed by atoms with Gasteiger partial charge in [-0.15, -0.1) is 0 Å². The average molecular weight is 270 g/mol. The number of benzene rings is 1. The molecule has 0 bridgehead atoms. The summed E-state index contributed by atoms with van der Waals surface area (Å²) in [6.45, 7) is 1.63. The summed E-state index contributed by atoms with van der Waals surface area (Å²) in [7, 11) is 0. The SMILES string of the molecule is O=C(CC1CNC1)Nc1ccc(Cl)cc1[N+](=O)[O-]. The van der Waals surface area contributed by atoms with Crippen LogP contribution in [0.5, 0.6) is 0 Å². The van der Waals surface area contributed by atoms with Crippen molar-refractivity contribution in [1.29, 1.82) is 0 Å². The van der Waals surface area contributed by atoms with Crippen molar-refractivity contribution in [2.24, 2.45) is 5.92 Å². The lowest BCUT2D eigenvalue weighted by Crippen LogP contribution is -2.43. The summed E-state index contributed by atoms with van der Waals surface area (Å²) < 4.78 is 0. The minimum absolute atomic E-state index is 0.182. The number of halogens is 1. The Morgan fingerprint density at radius 3 is 2.83 bits per heavy atom. The van der Waals surface area contributed by atoms with Gasteiger partial charge in [0.05, 0.1) is 4.92 Å². The lowest BCUT2D eigenvalue weighted by molar-refractivity contribution is -0.383. The third-order valence-corrected chi connectivity index (χ3v) is 3.01. The molecule has 1 aliphatic rings. The summed E-state index contributed by atoms with van der Waals surface area (Å²) in [5.41, 5.74) is -0.00994. The average Bonchev–Trinajstić information content (AvgIpc) is 2.26. The van der Waals surface area contributed by atoms with Crippen LogP contribution in [0.1, 0.15) is 6.42 Å². The molecule has 1 aromatic rings. The maximum atomic E-state index is 11.7. The molecule has 2 rings (SSSR count). The molecule has 1 aliphatic heterocycles. The molecule has 0 atom stereocenters. The zero-order chi connectivity index (χ0) is 13.1. The minimum atomic E-state index is -0.563. The first-order chi connectivity index (χ1) is 8.56. The van der Waals surface area contributed by atoms with Crippen molar-refractivity contribution in [2.75, 3.05) is 18.4 Å². The summed E-state index contributed by atoms with van der Waals surface area (Å²) in [6, 6.07) is 4.18. The lowest BCUT2D eigenvalue weighted by atomic mass is 9.99. The van der Waals surface area contributed by atoms with Crippen molar-refractivity contribution in [1.82, 2.24) is 5.32 Å². The topological polar surface area (TPSA) is 84.3 Å². The first-order valence-corrected chi connectivity index (χ1v) is 5.88. The Kier molecular flexibility index (Phi) is 3.78. The van der Waals surface area contributed by atoms with E-state index < -0.39 is 4.92 Å². The van der Waals surface area contributed by atoms with E-state index in [2.05, 4.69) is 10.6 Å². The summed E-state index contributed by atoms with van der Waals surface area (Å²) in [5, 5.41) is 16.7. The van der Waals surface area contributed by atoms with Crippen LogP contribution in [-0.2, 0) is 4.79 Å². The highest BCUT2D eigenvalue weighted by Crippen LogP contribution is 2.28. The quantitative estimate of drug-likeness (QED) is 0.645. The van der Waals surface area contributed by atoms with Crippen LogP contribution >= 0.6 is 11.6 Å². The van der Waals surface area contributed by atoms with E-state index in [1.54, 1.807) is 0 Å². The van der Waals surface area contributed by atoms with Gasteiger partial charge in [-0.05, 0) is 31.1 Å². The Bertz CT molecular complexity index is 488. The van der Waals surface area contributed by atoms with Gasteiger partial charge in [0.1, 0.15) is 5.69 Å². The van der Waals surface area contributed by atoms with Crippen molar-refractivity contribution in [3.05, 3.63) is 33.3 Å². The molecule has 1 aromatic carbocycles. The first-order valence-electron chi connectivity index (χ1n) is 5.51. The zero-order valence-corrected chi connectivity index (χ0v) is 10.2. The predicted octanol–water partition coefficient (Wildman–Crippen LogP) is 1.80. The van der Waals surface area contributed by atoms with Gasteiger partial charge < -0.3 is 10.6 Å². The highest BCUT2D eigenvalue weighted by molar-refractivity contribution is 6.31. The fourth-order valence-electron chi connectivity index (χ4n) is 1.72. The fraction of sp³-hybridized carbons (Fsp3) is 0.364. The number of nitrogens with one attached hydrogen (secondary N) is 2. The van der Waals surface area contributed by atoms with Crippen molar-refractivity contribution >= 4 is 28.9 Å². The summed E-state index contributed by atoms with van der Waals surface area (Å²) in [5.74, 6) is 0.100. The number of nitro groups is 1. The second-order valence-electron chi connectivity index (χ2n) is 4.20.